The largest absolute Gasteiger partial charge is 0.323 e. The average Bonchev–Trinajstić information content (AvgIpc) is 2.75. The highest BCUT2D eigenvalue weighted by Gasteiger charge is 2.19. The standard InChI is InChI=1S/C24H18Cl2F2N4O2/c1-12(2)32-21-10-22(26)29-11-13(21)6-17(23(32)33)16-8-20(19(28)9-18(16)25)31-24(34)30-15-5-3-4-14(27)7-15/h3-12H,1-2H3,(H2,30,31,34). The molecular formula is C24H18Cl2F2N4O2. The van der Waals surface area contributed by atoms with E-state index in [-0.39, 0.29) is 44.3 Å². The number of urea groups is 1. The Morgan fingerprint density at radius 2 is 1.79 bits per heavy atom. The van der Waals surface area contributed by atoms with Gasteiger partial charge in [-0.25, -0.2) is 18.6 Å². The molecule has 0 radical (unpaired) electrons. The second-order valence-electron chi connectivity index (χ2n) is 7.79. The highest BCUT2D eigenvalue weighted by Crippen LogP contribution is 2.33. The average molecular weight is 503 g/mol. The second-order valence-corrected chi connectivity index (χ2v) is 8.59. The van der Waals surface area contributed by atoms with Crippen molar-refractivity contribution in [3.8, 4) is 11.1 Å². The van der Waals surface area contributed by atoms with Gasteiger partial charge < -0.3 is 15.2 Å². The smallest absolute Gasteiger partial charge is 0.308 e. The third-order valence-electron chi connectivity index (χ3n) is 5.08. The van der Waals surface area contributed by atoms with Crippen LogP contribution in [0.2, 0.25) is 10.2 Å². The minimum atomic E-state index is -0.804. The lowest BCUT2D eigenvalue weighted by Gasteiger charge is -2.17. The summed E-state index contributed by atoms with van der Waals surface area (Å²) in [5, 5.41) is 5.65. The molecule has 0 aliphatic heterocycles. The van der Waals surface area contributed by atoms with Crippen molar-refractivity contribution in [1.29, 1.82) is 0 Å². The van der Waals surface area contributed by atoms with Crippen LogP contribution in [0.1, 0.15) is 19.9 Å². The first-order valence-corrected chi connectivity index (χ1v) is 10.9. The molecule has 0 fully saturated rings. The molecule has 0 saturated carbocycles. The van der Waals surface area contributed by atoms with Crippen molar-refractivity contribution in [1.82, 2.24) is 9.55 Å². The van der Waals surface area contributed by atoms with Crippen LogP contribution >= 0.6 is 23.2 Å². The Balaban J connectivity index is 1.78. The van der Waals surface area contributed by atoms with Crippen molar-refractivity contribution in [3.05, 3.63) is 86.9 Å². The molecule has 174 valence electrons. The first-order chi connectivity index (χ1) is 16.1. The molecule has 0 spiro atoms. The molecule has 6 nitrogen and oxygen atoms in total. The Bertz CT molecular complexity index is 1490. The van der Waals surface area contributed by atoms with E-state index in [2.05, 4.69) is 15.6 Å². The molecule has 2 N–H and O–H groups in total. The van der Waals surface area contributed by atoms with Crippen LogP contribution in [-0.2, 0) is 0 Å². The number of amides is 2. The Morgan fingerprint density at radius 1 is 1.03 bits per heavy atom. The number of rotatable bonds is 4. The molecule has 0 atom stereocenters. The lowest BCUT2D eigenvalue weighted by atomic mass is 10.0. The number of benzene rings is 2. The van der Waals surface area contributed by atoms with Gasteiger partial charge in [0.2, 0.25) is 0 Å². The molecule has 0 unspecified atom stereocenters. The summed E-state index contributed by atoms with van der Waals surface area (Å²) in [7, 11) is 0. The van der Waals surface area contributed by atoms with Gasteiger partial charge in [0.15, 0.2) is 0 Å². The SMILES string of the molecule is CC(C)n1c(=O)c(-c2cc(NC(=O)Nc3cccc(F)c3)c(F)cc2Cl)cc2cnc(Cl)cc21. The number of carbonyl (C=O) groups is 1. The lowest BCUT2D eigenvalue weighted by molar-refractivity contribution is 0.262. The Labute approximate surface area is 203 Å². The van der Waals surface area contributed by atoms with Crippen LogP contribution in [0.3, 0.4) is 0 Å². The molecule has 0 bridgehead atoms. The first kappa shape index (κ1) is 23.7. The number of anilines is 2. The van der Waals surface area contributed by atoms with Gasteiger partial charge in [0.05, 0.1) is 16.2 Å². The Morgan fingerprint density at radius 3 is 2.50 bits per heavy atom. The molecule has 2 aromatic heterocycles. The number of halogens is 4. The summed E-state index contributed by atoms with van der Waals surface area (Å²) >= 11 is 12.3. The molecule has 2 aromatic carbocycles. The maximum atomic E-state index is 14.6. The number of nitrogens with zero attached hydrogens (tertiary/aromatic N) is 2. The van der Waals surface area contributed by atoms with Crippen molar-refractivity contribution in [3.63, 3.8) is 0 Å². The number of aromatic nitrogens is 2. The number of pyridine rings is 2. The van der Waals surface area contributed by atoms with Crippen LogP contribution in [0.4, 0.5) is 25.0 Å². The molecule has 4 rings (SSSR count). The molecular weight excluding hydrogens is 485 g/mol. The highest BCUT2D eigenvalue weighted by molar-refractivity contribution is 6.33. The molecule has 10 heteroatoms. The number of hydrogen-bond donors (Lipinski definition) is 2. The van der Waals surface area contributed by atoms with Crippen molar-refractivity contribution in [2.24, 2.45) is 0 Å². The summed E-state index contributed by atoms with van der Waals surface area (Å²) in [4.78, 5) is 29.8. The van der Waals surface area contributed by atoms with Gasteiger partial charge >= 0.3 is 6.03 Å². The van der Waals surface area contributed by atoms with Gasteiger partial charge in [-0.2, -0.15) is 0 Å². The fourth-order valence-corrected chi connectivity index (χ4v) is 4.02. The van der Waals surface area contributed by atoms with E-state index in [1.807, 2.05) is 13.8 Å². The number of carbonyl (C=O) groups excluding carboxylic acids is 1. The van der Waals surface area contributed by atoms with Gasteiger partial charge in [-0.1, -0.05) is 29.3 Å². The summed E-state index contributed by atoms with van der Waals surface area (Å²) < 4.78 is 29.5. The van der Waals surface area contributed by atoms with E-state index >= 15 is 0 Å². The van der Waals surface area contributed by atoms with Gasteiger partial charge in [0.1, 0.15) is 16.8 Å². The summed E-state index contributed by atoms with van der Waals surface area (Å²) in [5.74, 6) is -1.34. The van der Waals surface area contributed by atoms with Gasteiger partial charge in [0, 0.05) is 34.4 Å². The Kier molecular flexibility index (Phi) is 6.54. The van der Waals surface area contributed by atoms with E-state index in [0.717, 1.165) is 12.1 Å². The van der Waals surface area contributed by atoms with E-state index < -0.39 is 17.7 Å². The van der Waals surface area contributed by atoms with E-state index in [9.17, 15) is 18.4 Å². The summed E-state index contributed by atoms with van der Waals surface area (Å²) in [6, 6.07) is 9.71. The molecule has 2 heterocycles. The van der Waals surface area contributed by atoms with Gasteiger partial charge in [-0.3, -0.25) is 4.79 Å². The minimum Gasteiger partial charge on any atom is -0.308 e. The zero-order valence-electron chi connectivity index (χ0n) is 18.0. The molecule has 2 amide bonds. The van der Waals surface area contributed by atoms with E-state index in [1.165, 1.54) is 30.5 Å². The predicted molar refractivity (Wildman–Crippen MR) is 131 cm³/mol. The number of nitrogens with one attached hydrogen (secondary N) is 2. The summed E-state index contributed by atoms with van der Waals surface area (Å²) in [6.45, 7) is 3.68. The van der Waals surface area contributed by atoms with Crippen molar-refractivity contribution in [2.75, 3.05) is 10.6 Å². The number of hydrogen-bond acceptors (Lipinski definition) is 3. The predicted octanol–water partition coefficient (Wildman–Crippen LogP) is 6.87. The molecule has 0 aliphatic rings. The summed E-state index contributed by atoms with van der Waals surface area (Å²) in [6.07, 6.45) is 1.53. The zero-order chi connectivity index (χ0) is 24.6. The monoisotopic (exact) mass is 502 g/mol. The lowest BCUT2D eigenvalue weighted by Crippen LogP contribution is -2.24. The second kappa shape index (κ2) is 9.40. The van der Waals surface area contributed by atoms with Crippen LogP contribution < -0.4 is 16.2 Å². The fourth-order valence-electron chi connectivity index (χ4n) is 3.61. The van der Waals surface area contributed by atoms with Crippen molar-refractivity contribution >= 4 is 51.5 Å². The van der Waals surface area contributed by atoms with Crippen LogP contribution in [0.25, 0.3) is 22.0 Å². The normalized spacial score (nSPS) is 11.1. The van der Waals surface area contributed by atoms with Crippen molar-refractivity contribution in [2.45, 2.75) is 19.9 Å². The third-order valence-corrected chi connectivity index (χ3v) is 5.60. The molecule has 0 saturated heterocycles. The third kappa shape index (κ3) is 4.73. The first-order valence-electron chi connectivity index (χ1n) is 10.2. The molecule has 4 aromatic rings. The van der Waals surface area contributed by atoms with Crippen molar-refractivity contribution < 1.29 is 13.6 Å². The topological polar surface area (TPSA) is 76.0 Å². The quantitative estimate of drug-likeness (QED) is 0.299. The summed E-state index contributed by atoms with van der Waals surface area (Å²) in [5.41, 5.74) is 0.623. The van der Waals surface area contributed by atoms with Crippen LogP contribution in [0.15, 0.2) is 59.5 Å². The van der Waals surface area contributed by atoms with Crippen LogP contribution in [0, 0.1) is 11.6 Å². The van der Waals surface area contributed by atoms with E-state index in [0.29, 0.717) is 10.9 Å². The minimum absolute atomic E-state index is 0.0118. The van der Waals surface area contributed by atoms with E-state index in [1.54, 1.807) is 16.7 Å². The van der Waals surface area contributed by atoms with Crippen LogP contribution in [0.5, 0.6) is 0 Å². The maximum absolute atomic E-state index is 14.6. The zero-order valence-corrected chi connectivity index (χ0v) is 19.5. The highest BCUT2D eigenvalue weighted by atomic mass is 35.5. The Hall–Kier alpha value is -3.49. The van der Waals surface area contributed by atoms with Gasteiger partial charge in [-0.15, -0.1) is 0 Å². The van der Waals surface area contributed by atoms with Gasteiger partial charge in [0.25, 0.3) is 5.56 Å². The number of fused-ring (bicyclic) bond motifs is 1. The fraction of sp³-hybridized carbons (Fsp3) is 0.125. The van der Waals surface area contributed by atoms with Crippen LogP contribution in [-0.4, -0.2) is 15.6 Å². The van der Waals surface area contributed by atoms with Gasteiger partial charge in [-0.05, 0) is 56.3 Å². The molecule has 34 heavy (non-hydrogen) atoms. The van der Waals surface area contributed by atoms with E-state index in [4.69, 9.17) is 23.2 Å². The molecule has 0 aliphatic carbocycles. The maximum Gasteiger partial charge on any atom is 0.323 e.